The standard InChI is InChI=1S/C14H18N4O.ClH/c15-8-13(9-5-6-9)16-14(19)7-12-10-3-1-2-4-11(10)17-18-12;/h1-4,9,13H,5-8,15H2,(H,16,19)(H,17,18);1H. The maximum absolute atomic E-state index is 12.0. The number of aromatic nitrogens is 2. The molecule has 3 rings (SSSR count). The molecule has 1 amide bonds. The van der Waals surface area contributed by atoms with Gasteiger partial charge in [0.25, 0.3) is 0 Å². The molecule has 20 heavy (non-hydrogen) atoms. The summed E-state index contributed by atoms with van der Waals surface area (Å²) in [6.07, 6.45) is 2.67. The molecule has 1 unspecified atom stereocenters. The van der Waals surface area contributed by atoms with Crippen molar-refractivity contribution in [3.8, 4) is 0 Å². The van der Waals surface area contributed by atoms with E-state index in [1.54, 1.807) is 0 Å². The maximum Gasteiger partial charge on any atom is 0.226 e. The third-order valence-electron chi connectivity index (χ3n) is 3.67. The molecule has 0 saturated heterocycles. The molecule has 4 N–H and O–H groups in total. The van der Waals surface area contributed by atoms with Crippen LogP contribution in [0.5, 0.6) is 0 Å². The van der Waals surface area contributed by atoms with Crippen LogP contribution in [-0.4, -0.2) is 28.7 Å². The van der Waals surface area contributed by atoms with Gasteiger partial charge in [-0.1, -0.05) is 18.2 Å². The lowest BCUT2D eigenvalue weighted by molar-refractivity contribution is -0.121. The first-order valence-electron chi connectivity index (χ1n) is 6.69. The summed E-state index contributed by atoms with van der Waals surface area (Å²) < 4.78 is 0. The van der Waals surface area contributed by atoms with Crippen LogP contribution in [-0.2, 0) is 11.2 Å². The molecule has 0 bridgehead atoms. The summed E-state index contributed by atoms with van der Waals surface area (Å²) in [7, 11) is 0. The van der Waals surface area contributed by atoms with E-state index in [4.69, 9.17) is 5.73 Å². The number of hydrogen-bond acceptors (Lipinski definition) is 3. The zero-order valence-electron chi connectivity index (χ0n) is 11.1. The van der Waals surface area contributed by atoms with E-state index >= 15 is 0 Å². The summed E-state index contributed by atoms with van der Waals surface area (Å²) in [6, 6.07) is 7.92. The summed E-state index contributed by atoms with van der Waals surface area (Å²) >= 11 is 0. The van der Waals surface area contributed by atoms with Crippen LogP contribution < -0.4 is 11.1 Å². The highest BCUT2D eigenvalue weighted by Crippen LogP contribution is 2.32. The van der Waals surface area contributed by atoms with Crippen LogP contribution in [0.15, 0.2) is 24.3 Å². The van der Waals surface area contributed by atoms with Crippen LogP contribution in [0.2, 0.25) is 0 Å². The molecule has 1 saturated carbocycles. The molecular weight excluding hydrogens is 276 g/mol. The summed E-state index contributed by atoms with van der Waals surface area (Å²) in [4.78, 5) is 12.0. The molecule has 1 atom stereocenters. The Hall–Kier alpha value is -1.59. The Morgan fingerprint density at radius 2 is 2.20 bits per heavy atom. The number of nitrogens with one attached hydrogen (secondary N) is 2. The van der Waals surface area contributed by atoms with E-state index in [0.717, 1.165) is 16.6 Å². The van der Waals surface area contributed by atoms with Crippen molar-refractivity contribution in [3.05, 3.63) is 30.0 Å². The van der Waals surface area contributed by atoms with Gasteiger partial charge in [0, 0.05) is 18.0 Å². The summed E-state index contributed by atoms with van der Waals surface area (Å²) in [6.45, 7) is 0.514. The van der Waals surface area contributed by atoms with Crippen LogP contribution in [0, 0.1) is 5.92 Å². The van der Waals surface area contributed by atoms with Crippen molar-refractivity contribution in [2.24, 2.45) is 11.7 Å². The molecule has 0 radical (unpaired) electrons. The molecule has 1 aliphatic carbocycles. The molecule has 0 spiro atoms. The first-order chi connectivity index (χ1) is 9.28. The van der Waals surface area contributed by atoms with Crippen molar-refractivity contribution < 1.29 is 4.79 Å². The fourth-order valence-corrected chi connectivity index (χ4v) is 2.44. The van der Waals surface area contributed by atoms with Gasteiger partial charge in [-0.3, -0.25) is 9.89 Å². The SMILES string of the molecule is Cl.NCC(NC(=O)Cc1[nH]nc2ccccc12)C1CC1. The van der Waals surface area contributed by atoms with E-state index < -0.39 is 0 Å². The van der Waals surface area contributed by atoms with Gasteiger partial charge >= 0.3 is 0 Å². The average molecular weight is 295 g/mol. The predicted molar refractivity (Wildman–Crippen MR) is 80.8 cm³/mol. The topological polar surface area (TPSA) is 83.8 Å². The first kappa shape index (κ1) is 14.8. The number of carbonyl (C=O) groups excluding carboxylic acids is 1. The van der Waals surface area contributed by atoms with Crippen LogP contribution in [0.1, 0.15) is 18.5 Å². The second-order valence-corrected chi connectivity index (χ2v) is 5.14. The van der Waals surface area contributed by atoms with E-state index in [2.05, 4.69) is 15.5 Å². The number of rotatable bonds is 5. The Labute approximate surface area is 123 Å². The second kappa shape index (κ2) is 6.24. The molecule has 1 aromatic carbocycles. The number of benzene rings is 1. The molecule has 1 fully saturated rings. The van der Waals surface area contributed by atoms with Crippen LogP contribution in [0.25, 0.3) is 10.9 Å². The van der Waals surface area contributed by atoms with Gasteiger partial charge in [0.05, 0.1) is 17.6 Å². The van der Waals surface area contributed by atoms with E-state index in [9.17, 15) is 4.79 Å². The fraction of sp³-hybridized carbons (Fsp3) is 0.429. The molecule has 1 aromatic heterocycles. The average Bonchev–Trinajstić information content (AvgIpc) is 3.19. The molecule has 1 heterocycles. The number of halogens is 1. The second-order valence-electron chi connectivity index (χ2n) is 5.14. The Kier molecular flexibility index (Phi) is 4.62. The number of hydrogen-bond donors (Lipinski definition) is 3. The van der Waals surface area contributed by atoms with Gasteiger partial charge in [0.2, 0.25) is 5.91 Å². The Morgan fingerprint density at radius 1 is 1.45 bits per heavy atom. The lowest BCUT2D eigenvalue weighted by atomic mass is 10.1. The molecule has 1 aliphatic rings. The molecule has 2 aromatic rings. The molecular formula is C14H19ClN4O. The van der Waals surface area contributed by atoms with Gasteiger partial charge in [0.1, 0.15) is 0 Å². The molecule has 6 heteroatoms. The normalized spacial score (nSPS) is 15.7. The zero-order valence-corrected chi connectivity index (χ0v) is 12.0. The Bertz CT molecular complexity index is 594. The van der Waals surface area contributed by atoms with Gasteiger partial charge in [-0.05, 0) is 24.8 Å². The van der Waals surface area contributed by atoms with E-state index in [-0.39, 0.29) is 24.4 Å². The van der Waals surface area contributed by atoms with Gasteiger partial charge in [-0.15, -0.1) is 12.4 Å². The Morgan fingerprint density at radius 3 is 2.90 bits per heavy atom. The number of H-pyrrole nitrogens is 1. The summed E-state index contributed by atoms with van der Waals surface area (Å²) in [5.41, 5.74) is 7.44. The first-order valence-corrected chi connectivity index (χ1v) is 6.69. The van der Waals surface area contributed by atoms with Crippen molar-refractivity contribution in [2.45, 2.75) is 25.3 Å². The minimum atomic E-state index is 0. The van der Waals surface area contributed by atoms with Crippen LogP contribution in [0.3, 0.4) is 0 Å². The largest absolute Gasteiger partial charge is 0.351 e. The third kappa shape index (κ3) is 3.11. The van der Waals surface area contributed by atoms with Crippen molar-refractivity contribution in [3.63, 3.8) is 0 Å². The monoisotopic (exact) mass is 294 g/mol. The highest BCUT2D eigenvalue weighted by molar-refractivity contribution is 5.87. The van der Waals surface area contributed by atoms with Crippen molar-refractivity contribution in [1.29, 1.82) is 0 Å². The quantitative estimate of drug-likeness (QED) is 0.779. The van der Waals surface area contributed by atoms with Crippen LogP contribution >= 0.6 is 12.4 Å². The molecule has 5 nitrogen and oxygen atoms in total. The number of para-hydroxylation sites is 1. The van der Waals surface area contributed by atoms with Crippen molar-refractivity contribution in [2.75, 3.05) is 6.54 Å². The molecule has 0 aliphatic heterocycles. The minimum absolute atomic E-state index is 0. The highest BCUT2D eigenvalue weighted by Gasteiger charge is 2.31. The smallest absolute Gasteiger partial charge is 0.226 e. The number of aromatic amines is 1. The van der Waals surface area contributed by atoms with Crippen molar-refractivity contribution >= 4 is 29.2 Å². The predicted octanol–water partition coefficient (Wildman–Crippen LogP) is 1.38. The van der Waals surface area contributed by atoms with Gasteiger partial charge < -0.3 is 11.1 Å². The van der Waals surface area contributed by atoms with Gasteiger partial charge in [-0.2, -0.15) is 5.10 Å². The fourth-order valence-electron chi connectivity index (χ4n) is 2.44. The highest BCUT2D eigenvalue weighted by atomic mass is 35.5. The summed E-state index contributed by atoms with van der Waals surface area (Å²) in [5, 5.41) is 11.2. The number of nitrogens with two attached hydrogens (primary N) is 1. The minimum Gasteiger partial charge on any atom is -0.351 e. The number of amides is 1. The van der Waals surface area contributed by atoms with Crippen molar-refractivity contribution in [1.82, 2.24) is 15.5 Å². The Balaban J connectivity index is 0.00000147. The van der Waals surface area contributed by atoms with E-state index in [0.29, 0.717) is 18.9 Å². The lowest BCUT2D eigenvalue weighted by Crippen LogP contribution is -2.42. The van der Waals surface area contributed by atoms with Gasteiger partial charge in [0.15, 0.2) is 0 Å². The van der Waals surface area contributed by atoms with Gasteiger partial charge in [-0.25, -0.2) is 0 Å². The maximum atomic E-state index is 12.0. The number of nitrogens with zero attached hydrogens (tertiary/aromatic N) is 1. The number of fused-ring (bicyclic) bond motifs is 1. The molecule has 108 valence electrons. The van der Waals surface area contributed by atoms with E-state index in [1.807, 2.05) is 24.3 Å². The zero-order chi connectivity index (χ0) is 13.2. The number of carbonyl (C=O) groups is 1. The third-order valence-corrected chi connectivity index (χ3v) is 3.67. The van der Waals surface area contributed by atoms with E-state index in [1.165, 1.54) is 12.8 Å². The van der Waals surface area contributed by atoms with Crippen LogP contribution in [0.4, 0.5) is 0 Å². The summed E-state index contributed by atoms with van der Waals surface area (Å²) in [5.74, 6) is 0.587. The lowest BCUT2D eigenvalue weighted by Gasteiger charge is -2.15.